The van der Waals surface area contributed by atoms with Crippen LogP contribution in [0.2, 0.25) is 5.02 Å². The summed E-state index contributed by atoms with van der Waals surface area (Å²) in [6, 6.07) is 10.5. The summed E-state index contributed by atoms with van der Waals surface area (Å²) in [5.74, 6) is 0.0654. The maximum Gasteiger partial charge on any atom is 0.319 e. The smallest absolute Gasteiger partial charge is 0.319 e. The molecular weight excluding hydrogens is 308 g/mol. The standard InChI is InChI=1S/C15H15ClN2O2S/c1-10(19)14-7-6-11(21-14)8-9-17-15(20)18-13-5-3-2-4-12(13)16/h2-7H,8-9H2,1H3,(H2,17,18,20). The van der Waals surface area contributed by atoms with E-state index < -0.39 is 0 Å². The number of carbonyl (C=O) groups excluding carboxylic acids is 2. The summed E-state index contributed by atoms with van der Waals surface area (Å²) < 4.78 is 0. The second-order valence-electron chi connectivity index (χ2n) is 4.43. The normalized spacial score (nSPS) is 10.2. The zero-order valence-corrected chi connectivity index (χ0v) is 13.1. The van der Waals surface area contributed by atoms with Crippen molar-refractivity contribution in [3.8, 4) is 0 Å². The van der Waals surface area contributed by atoms with E-state index >= 15 is 0 Å². The first-order chi connectivity index (χ1) is 10.1. The molecule has 1 heterocycles. The van der Waals surface area contributed by atoms with Crippen molar-refractivity contribution in [2.24, 2.45) is 0 Å². The van der Waals surface area contributed by atoms with Crippen LogP contribution in [0.25, 0.3) is 0 Å². The summed E-state index contributed by atoms with van der Waals surface area (Å²) >= 11 is 7.41. The molecule has 2 aromatic rings. The minimum Gasteiger partial charge on any atom is -0.338 e. The Morgan fingerprint density at radius 1 is 1.19 bits per heavy atom. The summed E-state index contributed by atoms with van der Waals surface area (Å²) in [6.07, 6.45) is 0.688. The number of ketones is 1. The van der Waals surface area contributed by atoms with E-state index in [1.54, 1.807) is 31.2 Å². The lowest BCUT2D eigenvalue weighted by atomic mass is 10.3. The van der Waals surface area contributed by atoms with Crippen molar-refractivity contribution in [1.82, 2.24) is 5.32 Å². The van der Waals surface area contributed by atoms with E-state index in [9.17, 15) is 9.59 Å². The van der Waals surface area contributed by atoms with Gasteiger partial charge in [0.05, 0.1) is 15.6 Å². The predicted octanol–water partition coefficient (Wildman–Crippen LogP) is 3.97. The minimum absolute atomic E-state index is 0.0654. The molecule has 2 amide bonds. The fraction of sp³-hybridized carbons (Fsp3) is 0.200. The second kappa shape index (κ2) is 7.24. The van der Waals surface area contributed by atoms with E-state index in [-0.39, 0.29) is 11.8 Å². The molecule has 0 aliphatic heterocycles. The molecule has 2 rings (SSSR count). The van der Waals surface area contributed by atoms with Crippen molar-refractivity contribution in [1.29, 1.82) is 0 Å². The van der Waals surface area contributed by atoms with Gasteiger partial charge in [0.2, 0.25) is 0 Å². The molecule has 1 aromatic carbocycles. The number of nitrogens with one attached hydrogen (secondary N) is 2. The Morgan fingerprint density at radius 2 is 1.95 bits per heavy atom. The molecule has 21 heavy (non-hydrogen) atoms. The third kappa shape index (κ3) is 4.58. The van der Waals surface area contributed by atoms with Crippen LogP contribution in [0.1, 0.15) is 21.5 Å². The third-order valence-electron chi connectivity index (χ3n) is 2.79. The van der Waals surface area contributed by atoms with Gasteiger partial charge in [-0.15, -0.1) is 11.3 Å². The fourth-order valence-corrected chi connectivity index (χ4v) is 2.82. The van der Waals surface area contributed by atoms with Crippen molar-refractivity contribution in [2.45, 2.75) is 13.3 Å². The van der Waals surface area contributed by atoms with Gasteiger partial charge in [0.15, 0.2) is 5.78 Å². The molecule has 2 N–H and O–H groups in total. The van der Waals surface area contributed by atoms with E-state index in [0.29, 0.717) is 23.7 Å². The Balaban J connectivity index is 1.79. The zero-order chi connectivity index (χ0) is 15.2. The topological polar surface area (TPSA) is 58.2 Å². The van der Waals surface area contributed by atoms with Gasteiger partial charge in [0, 0.05) is 11.4 Å². The Kier molecular flexibility index (Phi) is 5.36. The van der Waals surface area contributed by atoms with Gasteiger partial charge in [-0.2, -0.15) is 0 Å². The van der Waals surface area contributed by atoms with Crippen LogP contribution in [-0.2, 0) is 6.42 Å². The largest absolute Gasteiger partial charge is 0.338 e. The first kappa shape index (κ1) is 15.5. The van der Waals surface area contributed by atoms with Gasteiger partial charge in [0.1, 0.15) is 0 Å². The van der Waals surface area contributed by atoms with Gasteiger partial charge in [-0.05, 0) is 37.6 Å². The zero-order valence-electron chi connectivity index (χ0n) is 11.5. The molecule has 1 aromatic heterocycles. The maximum atomic E-state index is 11.7. The number of hydrogen-bond donors (Lipinski definition) is 2. The van der Waals surface area contributed by atoms with Gasteiger partial charge >= 0.3 is 6.03 Å². The van der Waals surface area contributed by atoms with Gasteiger partial charge in [-0.3, -0.25) is 4.79 Å². The Labute approximate surface area is 132 Å². The number of Topliss-reactive ketones (excluding diaryl/α,β-unsaturated/α-hetero) is 1. The number of para-hydroxylation sites is 1. The molecule has 0 unspecified atom stereocenters. The molecule has 0 aliphatic carbocycles. The number of amides is 2. The molecule has 110 valence electrons. The van der Waals surface area contributed by atoms with Crippen molar-refractivity contribution < 1.29 is 9.59 Å². The van der Waals surface area contributed by atoms with E-state index in [2.05, 4.69) is 10.6 Å². The number of hydrogen-bond acceptors (Lipinski definition) is 3. The molecular formula is C15H15ClN2O2S. The molecule has 0 saturated heterocycles. The van der Waals surface area contributed by atoms with Gasteiger partial charge < -0.3 is 10.6 Å². The minimum atomic E-state index is -0.300. The van der Waals surface area contributed by atoms with Crippen LogP contribution in [0.15, 0.2) is 36.4 Å². The number of carbonyl (C=O) groups is 2. The fourth-order valence-electron chi connectivity index (χ4n) is 1.73. The Bertz CT molecular complexity index is 655. The van der Waals surface area contributed by atoms with Gasteiger partial charge in [0.25, 0.3) is 0 Å². The number of rotatable bonds is 5. The summed E-state index contributed by atoms with van der Waals surface area (Å²) in [4.78, 5) is 24.7. The van der Waals surface area contributed by atoms with Crippen molar-refractivity contribution in [3.05, 3.63) is 51.2 Å². The van der Waals surface area contributed by atoms with E-state index in [1.807, 2.05) is 12.1 Å². The lowest BCUT2D eigenvalue weighted by Gasteiger charge is -2.08. The molecule has 0 radical (unpaired) electrons. The number of benzene rings is 1. The average molecular weight is 323 g/mol. The predicted molar refractivity (Wildman–Crippen MR) is 86.5 cm³/mol. The van der Waals surface area contributed by atoms with Crippen molar-refractivity contribution in [3.63, 3.8) is 0 Å². The SMILES string of the molecule is CC(=O)c1ccc(CCNC(=O)Nc2ccccc2Cl)s1. The second-order valence-corrected chi connectivity index (χ2v) is 6.01. The van der Waals surface area contributed by atoms with E-state index in [1.165, 1.54) is 11.3 Å². The summed E-state index contributed by atoms with van der Waals surface area (Å²) in [5, 5.41) is 5.94. The van der Waals surface area contributed by atoms with Crippen LogP contribution in [-0.4, -0.2) is 18.4 Å². The Hall–Kier alpha value is -1.85. The Morgan fingerprint density at radius 3 is 2.62 bits per heavy atom. The van der Waals surface area contributed by atoms with Crippen LogP contribution < -0.4 is 10.6 Å². The average Bonchev–Trinajstić information content (AvgIpc) is 2.90. The third-order valence-corrected chi connectivity index (χ3v) is 4.36. The lowest BCUT2D eigenvalue weighted by Crippen LogP contribution is -2.30. The van der Waals surface area contributed by atoms with E-state index in [4.69, 9.17) is 11.6 Å². The first-order valence-electron chi connectivity index (χ1n) is 6.45. The highest BCUT2D eigenvalue weighted by Gasteiger charge is 2.06. The molecule has 0 atom stereocenters. The van der Waals surface area contributed by atoms with Crippen LogP contribution in [0.4, 0.5) is 10.5 Å². The maximum absolute atomic E-state index is 11.7. The summed E-state index contributed by atoms with van der Waals surface area (Å²) in [7, 11) is 0. The lowest BCUT2D eigenvalue weighted by molar-refractivity contribution is 0.102. The number of urea groups is 1. The highest BCUT2D eigenvalue weighted by atomic mass is 35.5. The van der Waals surface area contributed by atoms with Crippen LogP contribution in [0.3, 0.4) is 0 Å². The van der Waals surface area contributed by atoms with Gasteiger partial charge in [-0.1, -0.05) is 23.7 Å². The summed E-state index contributed by atoms with van der Waals surface area (Å²) in [6.45, 7) is 2.04. The van der Waals surface area contributed by atoms with E-state index in [0.717, 1.165) is 9.75 Å². The first-order valence-corrected chi connectivity index (χ1v) is 7.65. The van der Waals surface area contributed by atoms with Gasteiger partial charge in [-0.25, -0.2) is 4.79 Å². The molecule has 0 fully saturated rings. The quantitative estimate of drug-likeness (QED) is 0.818. The molecule has 4 nitrogen and oxygen atoms in total. The van der Waals surface area contributed by atoms with Crippen molar-refractivity contribution >= 4 is 40.4 Å². The number of thiophene rings is 1. The van der Waals surface area contributed by atoms with Crippen LogP contribution in [0, 0.1) is 0 Å². The van der Waals surface area contributed by atoms with Crippen LogP contribution >= 0.6 is 22.9 Å². The monoisotopic (exact) mass is 322 g/mol. The number of halogens is 1. The molecule has 0 aliphatic rings. The highest BCUT2D eigenvalue weighted by molar-refractivity contribution is 7.14. The molecule has 0 saturated carbocycles. The highest BCUT2D eigenvalue weighted by Crippen LogP contribution is 2.20. The molecule has 0 bridgehead atoms. The molecule has 0 spiro atoms. The number of anilines is 1. The van der Waals surface area contributed by atoms with Crippen LogP contribution in [0.5, 0.6) is 0 Å². The molecule has 6 heteroatoms. The summed E-state index contributed by atoms with van der Waals surface area (Å²) in [5.41, 5.74) is 0.576. The van der Waals surface area contributed by atoms with Crippen molar-refractivity contribution in [2.75, 3.05) is 11.9 Å².